The Hall–Kier alpha value is -1.03. The van der Waals surface area contributed by atoms with Crippen LogP contribution in [0.15, 0.2) is 0 Å². The highest BCUT2D eigenvalue weighted by atomic mass is 16.5. The summed E-state index contributed by atoms with van der Waals surface area (Å²) in [5.74, 6) is 1.18. The quantitative estimate of drug-likeness (QED) is 0.773. The summed E-state index contributed by atoms with van der Waals surface area (Å²) in [4.78, 5) is 0. The lowest BCUT2D eigenvalue weighted by Gasteiger charge is -2.03. The Balaban J connectivity index is 2.34. The number of rotatable bonds is 2. The van der Waals surface area contributed by atoms with Gasteiger partial charge in [-0.3, -0.25) is 4.68 Å². The van der Waals surface area contributed by atoms with Gasteiger partial charge in [-0.25, -0.2) is 0 Å². The summed E-state index contributed by atoms with van der Waals surface area (Å²) in [5.41, 5.74) is 2.42. The molecule has 1 aromatic rings. The van der Waals surface area contributed by atoms with E-state index in [1.807, 2.05) is 11.7 Å². The summed E-state index contributed by atoms with van der Waals surface area (Å²) in [6.07, 6.45) is 3.60. The van der Waals surface area contributed by atoms with E-state index in [0.29, 0.717) is 6.61 Å². The third-order valence-corrected chi connectivity index (χ3v) is 2.66. The molecule has 0 unspecified atom stereocenters. The third-order valence-electron chi connectivity index (χ3n) is 2.66. The highest BCUT2D eigenvalue weighted by Crippen LogP contribution is 2.24. The number of aryl methyl sites for hydroxylation is 1. The monoisotopic (exact) mass is 195 g/mol. The van der Waals surface area contributed by atoms with Gasteiger partial charge in [-0.05, 0) is 19.3 Å². The topological polar surface area (TPSA) is 39.1 Å². The molecule has 1 aliphatic rings. The lowest BCUT2D eigenvalue weighted by molar-refractivity contribution is 0.180. The van der Waals surface area contributed by atoms with Gasteiger partial charge in [-0.1, -0.05) is 0 Å². The Kier molecular flexibility index (Phi) is 2.72. The molecule has 2 heterocycles. The van der Waals surface area contributed by atoms with Gasteiger partial charge in [0.15, 0.2) is 0 Å². The molecule has 4 heteroatoms. The Bertz CT molecular complexity index is 319. The Morgan fingerprint density at radius 2 is 2.36 bits per heavy atom. The number of hydrogen-bond donors (Lipinski definition) is 1. The first-order chi connectivity index (χ1) is 6.83. The van der Waals surface area contributed by atoms with Gasteiger partial charge in [0.1, 0.15) is 5.82 Å². The van der Waals surface area contributed by atoms with E-state index in [1.54, 1.807) is 7.11 Å². The predicted octanol–water partition coefficient (Wildman–Crippen LogP) is 1.31. The zero-order valence-electron chi connectivity index (χ0n) is 8.84. The van der Waals surface area contributed by atoms with Crippen molar-refractivity contribution in [3.05, 3.63) is 11.3 Å². The summed E-state index contributed by atoms with van der Waals surface area (Å²) < 4.78 is 7.07. The van der Waals surface area contributed by atoms with Crippen molar-refractivity contribution in [2.75, 3.05) is 19.0 Å². The van der Waals surface area contributed by atoms with Crippen LogP contribution >= 0.6 is 0 Å². The summed E-state index contributed by atoms with van der Waals surface area (Å²) in [6, 6.07) is 0. The molecule has 0 saturated heterocycles. The standard InChI is InChI=1S/C10H17N3O/c1-13-10-8(5-3-4-6-11-10)9(12-13)7-14-2/h11H,3-7H2,1-2H3. The molecule has 0 amide bonds. The second kappa shape index (κ2) is 4.00. The van der Waals surface area contributed by atoms with Crippen LogP contribution in [0.25, 0.3) is 0 Å². The molecule has 0 saturated carbocycles. The molecular weight excluding hydrogens is 178 g/mol. The third kappa shape index (κ3) is 1.62. The number of methoxy groups -OCH3 is 1. The lowest BCUT2D eigenvalue weighted by Crippen LogP contribution is -2.04. The maximum absolute atomic E-state index is 5.14. The van der Waals surface area contributed by atoms with Gasteiger partial charge in [0, 0.05) is 26.3 Å². The molecule has 0 fully saturated rings. The van der Waals surface area contributed by atoms with Crippen LogP contribution in [0.4, 0.5) is 5.82 Å². The van der Waals surface area contributed by atoms with Crippen molar-refractivity contribution in [1.29, 1.82) is 0 Å². The van der Waals surface area contributed by atoms with Crippen LogP contribution in [-0.4, -0.2) is 23.4 Å². The zero-order chi connectivity index (χ0) is 9.97. The van der Waals surface area contributed by atoms with Crippen molar-refractivity contribution in [2.24, 2.45) is 7.05 Å². The minimum atomic E-state index is 0.616. The van der Waals surface area contributed by atoms with Gasteiger partial charge in [-0.15, -0.1) is 0 Å². The van der Waals surface area contributed by atoms with Crippen LogP contribution in [0.3, 0.4) is 0 Å². The molecule has 0 bridgehead atoms. The van der Waals surface area contributed by atoms with E-state index in [9.17, 15) is 0 Å². The minimum Gasteiger partial charge on any atom is -0.378 e. The molecule has 78 valence electrons. The normalized spacial score (nSPS) is 15.9. The maximum Gasteiger partial charge on any atom is 0.127 e. The van der Waals surface area contributed by atoms with Crippen molar-refractivity contribution in [3.8, 4) is 0 Å². The molecule has 1 aliphatic heterocycles. The molecular formula is C10H17N3O. The van der Waals surface area contributed by atoms with Gasteiger partial charge >= 0.3 is 0 Å². The van der Waals surface area contributed by atoms with E-state index < -0.39 is 0 Å². The van der Waals surface area contributed by atoms with Crippen LogP contribution in [0, 0.1) is 0 Å². The Labute approximate surface area is 84.3 Å². The smallest absolute Gasteiger partial charge is 0.127 e. The van der Waals surface area contributed by atoms with Crippen LogP contribution < -0.4 is 5.32 Å². The fourth-order valence-corrected chi connectivity index (χ4v) is 1.99. The number of ether oxygens (including phenoxy) is 1. The molecule has 0 spiro atoms. The zero-order valence-corrected chi connectivity index (χ0v) is 8.84. The van der Waals surface area contributed by atoms with Crippen LogP contribution in [0.5, 0.6) is 0 Å². The van der Waals surface area contributed by atoms with Crippen molar-refractivity contribution < 1.29 is 4.74 Å². The van der Waals surface area contributed by atoms with Gasteiger partial charge < -0.3 is 10.1 Å². The molecule has 4 nitrogen and oxygen atoms in total. The fourth-order valence-electron chi connectivity index (χ4n) is 1.99. The molecule has 14 heavy (non-hydrogen) atoms. The highest BCUT2D eigenvalue weighted by molar-refractivity contribution is 5.48. The summed E-state index contributed by atoms with van der Waals surface area (Å²) in [5, 5.41) is 7.87. The number of nitrogens with one attached hydrogen (secondary N) is 1. The molecule has 1 N–H and O–H groups in total. The van der Waals surface area contributed by atoms with Gasteiger partial charge in [0.05, 0.1) is 12.3 Å². The van der Waals surface area contributed by atoms with Crippen LogP contribution in [0.1, 0.15) is 24.1 Å². The van der Waals surface area contributed by atoms with E-state index >= 15 is 0 Å². The average molecular weight is 195 g/mol. The van der Waals surface area contributed by atoms with Gasteiger partial charge in [0.25, 0.3) is 0 Å². The van der Waals surface area contributed by atoms with Crippen LogP contribution in [-0.2, 0) is 24.8 Å². The molecule has 2 rings (SSSR count). The van der Waals surface area contributed by atoms with Gasteiger partial charge in [0.2, 0.25) is 0 Å². The Morgan fingerprint density at radius 1 is 1.50 bits per heavy atom. The number of aromatic nitrogens is 2. The Morgan fingerprint density at radius 3 is 3.14 bits per heavy atom. The van der Waals surface area contributed by atoms with E-state index in [4.69, 9.17) is 4.74 Å². The fraction of sp³-hybridized carbons (Fsp3) is 0.700. The van der Waals surface area contributed by atoms with Gasteiger partial charge in [-0.2, -0.15) is 5.10 Å². The second-order valence-electron chi connectivity index (χ2n) is 3.71. The first-order valence-corrected chi connectivity index (χ1v) is 5.10. The van der Waals surface area contributed by atoms with Crippen molar-refractivity contribution in [1.82, 2.24) is 9.78 Å². The van der Waals surface area contributed by atoms with Crippen molar-refractivity contribution in [2.45, 2.75) is 25.9 Å². The molecule has 0 aromatic carbocycles. The number of nitrogens with zero attached hydrogens (tertiary/aromatic N) is 2. The van der Waals surface area contributed by atoms with E-state index in [2.05, 4.69) is 10.4 Å². The summed E-state index contributed by atoms with van der Waals surface area (Å²) in [6.45, 7) is 1.67. The summed E-state index contributed by atoms with van der Waals surface area (Å²) in [7, 11) is 3.70. The number of fused-ring (bicyclic) bond motifs is 1. The first-order valence-electron chi connectivity index (χ1n) is 5.10. The lowest BCUT2D eigenvalue weighted by atomic mass is 10.1. The first kappa shape index (κ1) is 9.52. The van der Waals surface area contributed by atoms with Crippen molar-refractivity contribution in [3.63, 3.8) is 0 Å². The largest absolute Gasteiger partial charge is 0.378 e. The molecule has 0 radical (unpaired) electrons. The van der Waals surface area contributed by atoms with Crippen molar-refractivity contribution >= 4 is 5.82 Å². The molecule has 1 aromatic heterocycles. The molecule has 0 aliphatic carbocycles. The van der Waals surface area contributed by atoms with E-state index in [1.165, 1.54) is 24.2 Å². The average Bonchev–Trinajstić information content (AvgIpc) is 2.41. The number of anilines is 1. The van der Waals surface area contributed by atoms with Crippen LogP contribution in [0.2, 0.25) is 0 Å². The molecule has 0 atom stereocenters. The minimum absolute atomic E-state index is 0.616. The van der Waals surface area contributed by atoms with E-state index in [0.717, 1.165) is 18.7 Å². The SMILES string of the molecule is COCc1nn(C)c2c1CCCCN2. The maximum atomic E-state index is 5.14. The van der Waals surface area contributed by atoms with E-state index in [-0.39, 0.29) is 0 Å². The predicted molar refractivity (Wildman–Crippen MR) is 55.3 cm³/mol. The highest BCUT2D eigenvalue weighted by Gasteiger charge is 2.17. The summed E-state index contributed by atoms with van der Waals surface area (Å²) >= 11 is 0. The second-order valence-corrected chi connectivity index (χ2v) is 3.71. The number of hydrogen-bond acceptors (Lipinski definition) is 3.